The van der Waals surface area contributed by atoms with Gasteiger partial charge < -0.3 is 4.74 Å². The molecule has 0 radical (unpaired) electrons. The van der Waals surface area contributed by atoms with Crippen LogP contribution in [0.15, 0.2) is 24.3 Å². The van der Waals surface area contributed by atoms with Crippen LogP contribution in [0, 0.1) is 5.92 Å². The zero-order valence-corrected chi connectivity index (χ0v) is 9.72. The monoisotopic (exact) mass is 230 g/mol. The molecule has 0 amide bonds. The van der Waals surface area contributed by atoms with E-state index in [1.807, 2.05) is 28.9 Å². The molecule has 0 unspecified atom stereocenters. The van der Waals surface area contributed by atoms with Crippen molar-refractivity contribution >= 4 is 16.7 Å². The van der Waals surface area contributed by atoms with E-state index in [0.717, 1.165) is 30.7 Å². The third kappa shape index (κ3) is 1.74. The van der Waals surface area contributed by atoms with Crippen molar-refractivity contribution in [3.8, 4) is 0 Å². The highest BCUT2D eigenvalue weighted by Crippen LogP contribution is 2.21. The summed E-state index contributed by atoms with van der Waals surface area (Å²) in [5, 5.41) is 5.44. The fraction of sp³-hybridized carbons (Fsp3) is 0.385. The van der Waals surface area contributed by atoms with Crippen LogP contribution in [0.4, 0.5) is 0 Å². The molecule has 0 atom stereocenters. The van der Waals surface area contributed by atoms with E-state index in [4.69, 9.17) is 4.74 Å². The molecule has 1 aromatic carbocycles. The Balaban J connectivity index is 2.08. The van der Waals surface area contributed by atoms with E-state index >= 15 is 0 Å². The number of nitrogens with zero attached hydrogens (tertiary/aromatic N) is 2. The molecule has 0 aliphatic carbocycles. The first-order chi connectivity index (χ1) is 8.25. The van der Waals surface area contributed by atoms with Gasteiger partial charge in [0.05, 0.1) is 18.7 Å². The van der Waals surface area contributed by atoms with Crippen LogP contribution in [0.3, 0.4) is 0 Å². The first kappa shape index (κ1) is 10.5. The molecule has 1 aliphatic heterocycles. The highest BCUT2D eigenvalue weighted by atomic mass is 16.5. The van der Waals surface area contributed by atoms with E-state index in [1.165, 1.54) is 0 Å². The van der Waals surface area contributed by atoms with Crippen molar-refractivity contribution in [1.29, 1.82) is 0 Å². The van der Waals surface area contributed by atoms with Gasteiger partial charge in [0.15, 0.2) is 5.78 Å². The van der Waals surface area contributed by atoms with Crippen LogP contribution in [0.25, 0.3) is 10.9 Å². The van der Waals surface area contributed by atoms with Crippen molar-refractivity contribution in [2.24, 2.45) is 5.92 Å². The minimum absolute atomic E-state index is 0.0685. The van der Waals surface area contributed by atoms with Gasteiger partial charge >= 0.3 is 0 Å². The maximum absolute atomic E-state index is 11.7. The smallest absolute Gasteiger partial charge is 0.178 e. The number of ether oxygens (including phenoxy) is 1. The van der Waals surface area contributed by atoms with Crippen LogP contribution in [-0.2, 0) is 11.3 Å². The molecule has 88 valence electrons. The van der Waals surface area contributed by atoms with Gasteiger partial charge in [-0.1, -0.05) is 18.2 Å². The summed E-state index contributed by atoms with van der Waals surface area (Å²) in [6.45, 7) is 3.90. The van der Waals surface area contributed by atoms with E-state index in [-0.39, 0.29) is 5.78 Å². The van der Waals surface area contributed by atoms with Crippen molar-refractivity contribution in [2.75, 3.05) is 13.2 Å². The van der Waals surface area contributed by atoms with Crippen molar-refractivity contribution in [3.63, 3.8) is 0 Å². The van der Waals surface area contributed by atoms with Crippen LogP contribution in [-0.4, -0.2) is 28.8 Å². The molecule has 1 aromatic heterocycles. The number of hydrogen-bond acceptors (Lipinski definition) is 3. The molecule has 0 N–H and O–H groups in total. The number of ketones is 1. The minimum atomic E-state index is 0.0685. The average molecular weight is 230 g/mol. The van der Waals surface area contributed by atoms with Crippen LogP contribution in [0.1, 0.15) is 17.4 Å². The van der Waals surface area contributed by atoms with Crippen LogP contribution >= 0.6 is 0 Å². The standard InChI is InChI=1S/C13H14N2O2/c1-9(16)13-11-4-2-3-5-12(11)14-15(13)6-10-7-17-8-10/h2-5,10H,6-8H2,1H3. The molecule has 1 aliphatic rings. The Kier molecular flexibility index (Phi) is 2.44. The zero-order chi connectivity index (χ0) is 11.8. The summed E-state index contributed by atoms with van der Waals surface area (Å²) >= 11 is 0. The largest absolute Gasteiger partial charge is 0.381 e. The van der Waals surface area contributed by atoms with Gasteiger partial charge in [0.2, 0.25) is 0 Å². The van der Waals surface area contributed by atoms with Gasteiger partial charge in [-0.15, -0.1) is 0 Å². The van der Waals surface area contributed by atoms with Gasteiger partial charge in [-0.3, -0.25) is 9.48 Å². The first-order valence-corrected chi connectivity index (χ1v) is 5.80. The molecule has 2 heterocycles. The number of benzene rings is 1. The zero-order valence-electron chi connectivity index (χ0n) is 9.72. The van der Waals surface area contributed by atoms with Gasteiger partial charge in [-0.05, 0) is 6.07 Å². The number of aromatic nitrogens is 2. The Labute approximate surface area is 99.2 Å². The first-order valence-electron chi connectivity index (χ1n) is 5.80. The molecule has 17 heavy (non-hydrogen) atoms. The predicted octanol–water partition coefficient (Wildman–Crippen LogP) is 1.89. The van der Waals surface area contributed by atoms with Crippen molar-refractivity contribution in [2.45, 2.75) is 13.5 Å². The molecular weight excluding hydrogens is 216 g/mol. The molecule has 1 fully saturated rings. The van der Waals surface area contributed by atoms with E-state index in [2.05, 4.69) is 5.10 Å². The highest BCUT2D eigenvalue weighted by Gasteiger charge is 2.22. The van der Waals surface area contributed by atoms with Crippen molar-refractivity contribution in [1.82, 2.24) is 9.78 Å². The molecule has 4 heteroatoms. The van der Waals surface area contributed by atoms with Crippen LogP contribution in [0.2, 0.25) is 0 Å². The van der Waals surface area contributed by atoms with E-state index in [9.17, 15) is 4.79 Å². The third-order valence-electron chi connectivity index (χ3n) is 3.12. The van der Waals surface area contributed by atoms with E-state index in [1.54, 1.807) is 6.92 Å². The number of rotatable bonds is 3. The lowest BCUT2D eigenvalue weighted by Crippen LogP contribution is -2.32. The summed E-state index contributed by atoms with van der Waals surface area (Å²) in [6, 6.07) is 7.77. The van der Waals surface area contributed by atoms with Crippen LogP contribution in [0.5, 0.6) is 0 Å². The Hall–Kier alpha value is -1.68. The molecule has 0 bridgehead atoms. The number of hydrogen-bond donors (Lipinski definition) is 0. The van der Waals surface area contributed by atoms with E-state index < -0.39 is 0 Å². The van der Waals surface area contributed by atoms with Gasteiger partial charge in [0.25, 0.3) is 0 Å². The quantitative estimate of drug-likeness (QED) is 0.756. The Morgan fingerprint density at radius 2 is 2.24 bits per heavy atom. The Morgan fingerprint density at radius 1 is 1.47 bits per heavy atom. The fourth-order valence-electron chi connectivity index (χ4n) is 2.22. The summed E-state index contributed by atoms with van der Waals surface area (Å²) in [5.41, 5.74) is 1.60. The predicted molar refractivity (Wildman–Crippen MR) is 64.0 cm³/mol. The molecule has 4 nitrogen and oxygen atoms in total. The lowest BCUT2D eigenvalue weighted by Gasteiger charge is -2.26. The average Bonchev–Trinajstić information content (AvgIpc) is 2.61. The van der Waals surface area contributed by atoms with Crippen LogP contribution < -0.4 is 0 Å². The fourth-order valence-corrected chi connectivity index (χ4v) is 2.22. The second kappa shape index (κ2) is 3.96. The number of fused-ring (bicyclic) bond motifs is 1. The summed E-state index contributed by atoms with van der Waals surface area (Å²) in [6.07, 6.45) is 0. The summed E-state index contributed by atoms with van der Waals surface area (Å²) in [5.74, 6) is 0.557. The third-order valence-corrected chi connectivity index (χ3v) is 3.12. The molecule has 0 saturated carbocycles. The van der Waals surface area contributed by atoms with E-state index in [0.29, 0.717) is 11.6 Å². The Morgan fingerprint density at radius 3 is 2.88 bits per heavy atom. The number of carbonyl (C=O) groups excluding carboxylic acids is 1. The summed E-state index contributed by atoms with van der Waals surface area (Å²) in [4.78, 5) is 11.7. The lowest BCUT2D eigenvalue weighted by molar-refractivity contribution is -0.0409. The topological polar surface area (TPSA) is 44.1 Å². The minimum Gasteiger partial charge on any atom is -0.381 e. The maximum atomic E-state index is 11.7. The van der Waals surface area contributed by atoms with Crippen molar-refractivity contribution < 1.29 is 9.53 Å². The molecule has 2 aromatic rings. The normalized spacial score (nSPS) is 16.1. The second-order valence-electron chi connectivity index (χ2n) is 4.51. The summed E-state index contributed by atoms with van der Waals surface area (Å²) in [7, 11) is 0. The molecule has 1 saturated heterocycles. The Bertz CT molecular complexity index is 570. The van der Waals surface area contributed by atoms with Gasteiger partial charge in [0.1, 0.15) is 5.69 Å². The maximum Gasteiger partial charge on any atom is 0.178 e. The van der Waals surface area contributed by atoms with Crippen molar-refractivity contribution in [3.05, 3.63) is 30.0 Å². The number of carbonyl (C=O) groups is 1. The van der Waals surface area contributed by atoms with Gasteiger partial charge in [-0.2, -0.15) is 5.10 Å². The van der Waals surface area contributed by atoms with Gasteiger partial charge in [0, 0.05) is 24.8 Å². The molecule has 0 spiro atoms. The SMILES string of the molecule is CC(=O)c1c2ccccc2nn1CC1COC1. The number of Topliss-reactive ketones (excluding diaryl/α,β-unsaturated/α-hetero) is 1. The van der Waals surface area contributed by atoms with Gasteiger partial charge in [-0.25, -0.2) is 0 Å². The second-order valence-corrected chi connectivity index (χ2v) is 4.51. The molecular formula is C13H14N2O2. The molecule has 3 rings (SSSR count). The summed E-state index contributed by atoms with van der Waals surface area (Å²) < 4.78 is 6.99. The highest BCUT2D eigenvalue weighted by molar-refractivity contribution is 6.04. The lowest BCUT2D eigenvalue weighted by atomic mass is 10.1.